The predicted octanol–water partition coefficient (Wildman–Crippen LogP) is 7.85. The van der Waals surface area contributed by atoms with Crippen LogP contribution in [0.3, 0.4) is 0 Å². The first kappa shape index (κ1) is 32.6. The number of alkyl halides is 13. The van der Waals surface area contributed by atoms with E-state index >= 15 is 0 Å². The van der Waals surface area contributed by atoms with Gasteiger partial charge in [0, 0.05) is 12.1 Å². The Morgan fingerprint density at radius 2 is 1.05 bits per heavy atom. The molecule has 0 amide bonds. The molecule has 0 fully saturated rings. The van der Waals surface area contributed by atoms with Crippen molar-refractivity contribution in [3.63, 3.8) is 0 Å². The van der Waals surface area contributed by atoms with Gasteiger partial charge >= 0.3 is 11.4 Å². The van der Waals surface area contributed by atoms with Crippen molar-refractivity contribution >= 4 is 23.3 Å². The molecule has 0 saturated heterocycles. The van der Waals surface area contributed by atoms with Crippen LogP contribution in [0.1, 0.15) is 38.5 Å². The summed E-state index contributed by atoms with van der Waals surface area (Å²) in [6, 6.07) is 3.23. The third kappa shape index (κ3) is 13.1. The minimum Gasteiger partial charge on any atom is -0.426 e. The van der Waals surface area contributed by atoms with Crippen LogP contribution < -0.4 is 4.74 Å². The van der Waals surface area contributed by atoms with Gasteiger partial charge in [0.25, 0.3) is 35.3 Å². The van der Waals surface area contributed by atoms with Gasteiger partial charge in [-0.2, -0.15) is 8.78 Å². The van der Waals surface area contributed by atoms with Crippen LogP contribution in [0.5, 0.6) is 5.75 Å². The number of halogens is 13. The van der Waals surface area contributed by atoms with Crippen molar-refractivity contribution in [2.24, 2.45) is 0 Å². The molecule has 0 bridgehead atoms. The maximum Gasteiger partial charge on any atom is 0.327 e. The normalized spacial score (nSPS) is 14.0. The fraction of sp³-hybridized carbons (Fsp3) is 0.632. The molecule has 0 spiro atoms. The van der Waals surface area contributed by atoms with Crippen molar-refractivity contribution in [2.75, 3.05) is 0 Å². The molecule has 0 aliphatic carbocycles. The highest BCUT2D eigenvalue weighted by Gasteiger charge is 2.56. The number of hydrogen-bond donors (Lipinski definition) is 0. The van der Waals surface area contributed by atoms with Crippen LogP contribution in [-0.4, -0.2) is 45.9 Å². The number of rotatable bonds is 14. The van der Waals surface area contributed by atoms with Crippen LogP contribution in [0.2, 0.25) is 0 Å². The van der Waals surface area contributed by atoms with Crippen molar-refractivity contribution in [1.29, 1.82) is 0 Å². The summed E-state index contributed by atoms with van der Waals surface area (Å²) in [6.07, 6.45) is -16.4. The van der Waals surface area contributed by atoms with Crippen molar-refractivity contribution in [3.05, 3.63) is 34.4 Å². The lowest BCUT2D eigenvalue weighted by Crippen LogP contribution is -2.41. The van der Waals surface area contributed by atoms with Crippen LogP contribution >= 0.6 is 11.6 Å². The van der Waals surface area contributed by atoms with E-state index in [1.165, 1.54) is 0 Å². The van der Waals surface area contributed by atoms with E-state index in [0.29, 0.717) is 0 Å². The standard InChI is InChI=1S/C19H16ClF12NO4/c20-19(31,32)10-18(29,30)9-17(27,28)8-16(25,26)7-15(23,24)6-14(21,22)5-13(34)37-12-3-1-11(2-4-12)33(35)36/h1-4H,5-10H2. The summed E-state index contributed by atoms with van der Waals surface area (Å²) < 4.78 is 166. The zero-order chi connectivity index (χ0) is 29.1. The van der Waals surface area contributed by atoms with Gasteiger partial charge in [-0.1, -0.05) is 0 Å². The maximum atomic E-state index is 13.9. The first-order chi connectivity index (χ1) is 16.3. The maximum absolute atomic E-state index is 13.9. The Kier molecular flexibility index (Phi) is 9.78. The van der Waals surface area contributed by atoms with E-state index in [2.05, 4.69) is 16.3 Å². The fourth-order valence-corrected chi connectivity index (χ4v) is 3.33. The number of benzene rings is 1. The number of ether oxygens (including phenoxy) is 1. The number of nitrogens with zero attached hydrogens (tertiary/aromatic N) is 1. The smallest absolute Gasteiger partial charge is 0.327 e. The molecule has 18 heteroatoms. The van der Waals surface area contributed by atoms with Gasteiger partial charge in [-0.15, -0.1) is 0 Å². The number of nitro benzene ring substituents is 1. The van der Waals surface area contributed by atoms with E-state index in [1.807, 2.05) is 0 Å². The molecule has 37 heavy (non-hydrogen) atoms. The number of hydrogen-bond acceptors (Lipinski definition) is 4. The summed E-state index contributed by atoms with van der Waals surface area (Å²) >= 11 is 4.19. The Hall–Kier alpha value is -2.46. The molecule has 0 radical (unpaired) electrons. The molecule has 0 N–H and O–H groups in total. The lowest BCUT2D eigenvalue weighted by molar-refractivity contribution is -0.384. The van der Waals surface area contributed by atoms with Crippen LogP contribution in [0.25, 0.3) is 0 Å². The molecule has 1 aromatic carbocycles. The van der Waals surface area contributed by atoms with Crippen LogP contribution in [0, 0.1) is 10.1 Å². The van der Waals surface area contributed by atoms with Crippen LogP contribution in [-0.2, 0) is 4.79 Å². The highest BCUT2D eigenvalue weighted by Crippen LogP contribution is 2.47. The summed E-state index contributed by atoms with van der Waals surface area (Å²) in [7, 11) is 0. The minimum atomic E-state index is -5.22. The average Bonchev–Trinajstić information content (AvgIpc) is 2.54. The average molecular weight is 586 g/mol. The molecule has 0 atom stereocenters. The number of non-ortho nitro benzene ring substituents is 1. The van der Waals surface area contributed by atoms with E-state index in [4.69, 9.17) is 0 Å². The number of nitro groups is 1. The molecule has 0 aliphatic rings. The number of carbonyl (C=O) groups excluding carboxylic acids is 1. The third-order valence-corrected chi connectivity index (χ3v) is 4.34. The lowest BCUT2D eigenvalue weighted by atomic mass is 9.95. The third-order valence-electron chi connectivity index (χ3n) is 4.21. The van der Waals surface area contributed by atoms with Gasteiger partial charge in [0.05, 0.1) is 37.0 Å². The summed E-state index contributed by atoms with van der Waals surface area (Å²) in [5.74, 6) is -27.6. The monoisotopic (exact) mass is 585 g/mol. The van der Waals surface area contributed by atoms with Crippen molar-refractivity contribution in [3.8, 4) is 5.75 Å². The van der Waals surface area contributed by atoms with E-state index in [-0.39, 0.29) is 0 Å². The second kappa shape index (κ2) is 11.1. The highest BCUT2D eigenvalue weighted by molar-refractivity contribution is 6.21. The SMILES string of the molecule is O=C(CC(F)(F)CC(F)(F)CC(F)(F)CC(F)(F)CC(F)(F)CC(F)(F)Cl)Oc1ccc([N+](=O)[O-])cc1. The summed E-state index contributed by atoms with van der Waals surface area (Å²) in [6.45, 7) is 0. The van der Waals surface area contributed by atoms with Crippen molar-refractivity contribution < 1.29 is 67.1 Å². The Bertz CT molecular complexity index is 951. The Balaban J connectivity index is 2.77. The fourth-order valence-electron chi connectivity index (χ4n) is 3.13. The van der Waals surface area contributed by atoms with Gasteiger partial charge in [-0.3, -0.25) is 14.9 Å². The Labute approximate surface area is 204 Å². The molecule has 1 rings (SSSR count). The van der Waals surface area contributed by atoms with Gasteiger partial charge in [0.15, 0.2) is 0 Å². The highest BCUT2D eigenvalue weighted by atomic mass is 35.5. The van der Waals surface area contributed by atoms with Gasteiger partial charge in [-0.05, 0) is 23.7 Å². The van der Waals surface area contributed by atoms with Gasteiger partial charge in [-0.25, -0.2) is 43.9 Å². The van der Waals surface area contributed by atoms with Crippen molar-refractivity contribution in [1.82, 2.24) is 0 Å². The van der Waals surface area contributed by atoms with Gasteiger partial charge in [0.1, 0.15) is 12.2 Å². The lowest BCUT2D eigenvalue weighted by Gasteiger charge is -2.30. The van der Waals surface area contributed by atoms with Gasteiger partial charge in [0.2, 0.25) is 0 Å². The molecule has 0 saturated carbocycles. The Morgan fingerprint density at radius 1 is 0.703 bits per heavy atom. The Morgan fingerprint density at radius 3 is 1.41 bits per heavy atom. The molecule has 1 aromatic rings. The van der Waals surface area contributed by atoms with Crippen LogP contribution in [0.15, 0.2) is 24.3 Å². The molecule has 5 nitrogen and oxygen atoms in total. The molecular formula is C19H16ClF12NO4. The number of carbonyl (C=O) groups is 1. The summed E-state index contributed by atoms with van der Waals surface area (Å²) in [4.78, 5) is 21.2. The molecule has 212 valence electrons. The zero-order valence-electron chi connectivity index (χ0n) is 18.0. The van der Waals surface area contributed by atoms with E-state index in [0.717, 1.165) is 24.3 Å². The molecular weight excluding hydrogens is 570 g/mol. The predicted molar refractivity (Wildman–Crippen MR) is 102 cm³/mol. The molecule has 0 heterocycles. The van der Waals surface area contributed by atoms with Crippen molar-refractivity contribution in [2.45, 2.75) is 73.5 Å². The second-order valence-corrected chi connectivity index (χ2v) is 8.73. The summed E-state index contributed by atoms with van der Waals surface area (Å²) in [5.41, 5.74) is -0.475. The first-order valence-electron chi connectivity index (χ1n) is 9.72. The molecule has 0 unspecified atom stereocenters. The second-order valence-electron chi connectivity index (χ2n) is 8.18. The molecule has 0 aliphatic heterocycles. The van der Waals surface area contributed by atoms with Gasteiger partial charge < -0.3 is 4.74 Å². The molecule has 0 aromatic heterocycles. The zero-order valence-corrected chi connectivity index (χ0v) is 18.8. The summed E-state index contributed by atoms with van der Waals surface area (Å²) in [5, 5.41) is 5.83. The van der Waals surface area contributed by atoms with E-state index < -0.39 is 95.8 Å². The van der Waals surface area contributed by atoms with Crippen LogP contribution in [0.4, 0.5) is 58.4 Å². The van der Waals surface area contributed by atoms with E-state index in [1.54, 1.807) is 0 Å². The first-order valence-corrected chi connectivity index (χ1v) is 10.1. The van der Waals surface area contributed by atoms with E-state index in [9.17, 15) is 67.6 Å². The number of esters is 1. The quantitative estimate of drug-likeness (QED) is 0.0557. The minimum absolute atomic E-state index is 0.475. The topological polar surface area (TPSA) is 69.4 Å². The largest absolute Gasteiger partial charge is 0.426 e.